The van der Waals surface area contributed by atoms with Gasteiger partial charge in [0.05, 0.1) is 0 Å². The van der Waals surface area contributed by atoms with E-state index in [1.54, 1.807) is 0 Å². The molecule has 0 unspecified atom stereocenters. The number of aromatic nitrogens is 1. The first-order valence-corrected chi connectivity index (χ1v) is 7.44. The summed E-state index contributed by atoms with van der Waals surface area (Å²) in [4.78, 5) is 3.75. The average molecular weight is 311 g/mol. The van der Waals surface area contributed by atoms with E-state index in [-0.39, 0.29) is 31.0 Å². The first-order valence-electron chi connectivity index (χ1n) is 5.96. The molecule has 0 atom stereocenters. The molecule has 3 N–H and O–H groups in total. The third kappa shape index (κ3) is 5.85. The van der Waals surface area contributed by atoms with Crippen molar-refractivity contribution < 1.29 is 21.6 Å². The Morgan fingerprint density at radius 2 is 1.95 bits per heavy atom. The van der Waals surface area contributed by atoms with Crippen LogP contribution in [0.4, 0.5) is 13.2 Å². The van der Waals surface area contributed by atoms with Crippen molar-refractivity contribution in [2.75, 3.05) is 6.54 Å². The van der Waals surface area contributed by atoms with E-state index in [9.17, 15) is 21.6 Å². The topological polar surface area (TPSA) is 85.1 Å². The van der Waals surface area contributed by atoms with Crippen molar-refractivity contribution >= 4 is 10.0 Å². The molecule has 0 saturated carbocycles. The van der Waals surface area contributed by atoms with E-state index in [2.05, 4.69) is 9.71 Å². The van der Waals surface area contributed by atoms with Gasteiger partial charge in [0.25, 0.3) is 10.0 Å². The molecule has 5 nitrogen and oxygen atoms in total. The van der Waals surface area contributed by atoms with E-state index in [1.165, 1.54) is 18.3 Å². The average Bonchev–Trinajstić information content (AvgIpc) is 2.37. The first-order chi connectivity index (χ1) is 9.24. The normalized spacial score (nSPS) is 12.6. The standard InChI is InChI=1S/C11H16F3N3O2S/c12-11(13,14)5-1-2-6-17-20(18,19)10-4-3-9(7-15)8-16-10/h3-4,8,17H,1-2,5-7,15H2. The number of alkyl halides is 3. The molecule has 0 saturated heterocycles. The van der Waals surface area contributed by atoms with E-state index in [0.717, 1.165) is 0 Å². The lowest BCUT2D eigenvalue weighted by molar-refractivity contribution is -0.135. The summed E-state index contributed by atoms with van der Waals surface area (Å²) in [6.45, 7) is 0.191. The van der Waals surface area contributed by atoms with Gasteiger partial charge in [-0.2, -0.15) is 13.2 Å². The third-order valence-electron chi connectivity index (χ3n) is 2.49. The van der Waals surface area contributed by atoms with Gasteiger partial charge in [-0.15, -0.1) is 0 Å². The summed E-state index contributed by atoms with van der Waals surface area (Å²) in [5.41, 5.74) is 6.05. The predicted molar refractivity (Wildman–Crippen MR) is 67.2 cm³/mol. The highest BCUT2D eigenvalue weighted by atomic mass is 32.2. The van der Waals surface area contributed by atoms with Gasteiger partial charge in [-0.25, -0.2) is 18.1 Å². The van der Waals surface area contributed by atoms with Crippen molar-refractivity contribution in [3.63, 3.8) is 0 Å². The number of nitrogens with zero attached hydrogens (tertiary/aromatic N) is 1. The summed E-state index contributed by atoms with van der Waals surface area (Å²) in [6, 6.07) is 2.84. The SMILES string of the molecule is NCc1ccc(S(=O)(=O)NCCCCC(F)(F)F)nc1. The van der Waals surface area contributed by atoms with Crippen molar-refractivity contribution in [1.82, 2.24) is 9.71 Å². The fourth-order valence-electron chi connectivity index (χ4n) is 1.42. The van der Waals surface area contributed by atoms with Crippen molar-refractivity contribution in [3.05, 3.63) is 23.9 Å². The molecule has 0 aromatic carbocycles. The Hall–Kier alpha value is -1.19. The third-order valence-corrected chi connectivity index (χ3v) is 3.86. The van der Waals surface area contributed by atoms with Crippen molar-refractivity contribution in [1.29, 1.82) is 0 Å². The van der Waals surface area contributed by atoms with Crippen LogP contribution in [0, 0.1) is 0 Å². The van der Waals surface area contributed by atoms with Crippen LogP contribution in [0.2, 0.25) is 0 Å². The Kier molecular flexibility index (Phi) is 5.90. The van der Waals surface area contributed by atoms with Gasteiger partial charge < -0.3 is 5.73 Å². The van der Waals surface area contributed by atoms with E-state index < -0.39 is 22.6 Å². The molecule has 0 amide bonds. The second-order valence-electron chi connectivity index (χ2n) is 4.18. The summed E-state index contributed by atoms with van der Waals surface area (Å²) < 4.78 is 61.4. The molecule has 0 fully saturated rings. The molecule has 0 aliphatic carbocycles. The largest absolute Gasteiger partial charge is 0.389 e. The predicted octanol–water partition coefficient (Wildman–Crippen LogP) is 1.55. The van der Waals surface area contributed by atoms with E-state index in [0.29, 0.717) is 5.56 Å². The van der Waals surface area contributed by atoms with Crippen LogP contribution in [0.25, 0.3) is 0 Å². The number of pyridine rings is 1. The smallest absolute Gasteiger partial charge is 0.326 e. The Bertz CT molecular complexity index is 515. The van der Waals surface area contributed by atoms with Crippen LogP contribution >= 0.6 is 0 Å². The Morgan fingerprint density at radius 1 is 1.25 bits per heavy atom. The molecule has 0 radical (unpaired) electrons. The monoisotopic (exact) mass is 311 g/mol. The summed E-state index contributed by atoms with van der Waals surface area (Å²) in [6.07, 6.45) is -3.79. The number of nitrogens with two attached hydrogens (primary N) is 1. The van der Waals surface area contributed by atoms with Crippen molar-refractivity contribution in [2.24, 2.45) is 5.73 Å². The highest BCUT2D eigenvalue weighted by Crippen LogP contribution is 2.21. The number of nitrogens with one attached hydrogen (secondary N) is 1. The zero-order chi connectivity index (χ0) is 15.2. The van der Waals surface area contributed by atoms with Crippen LogP contribution in [-0.2, 0) is 16.6 Å². The molecule has 1 aromatic heterocycles. The molecule has 114 valence electrons. The van der Waals surface area contributed by atoms with Gasteiger partial charge >= 0.3 is 6.18 Å². The zero-order valence-corrected chi connectivity index (χ0v) is 11.5. The van der Waals surface area contributed by atoms with E-state index in [1.807, 2.05) is 0 Å². The Labute approximate surface area is 115 Å². The zero-order valence-electron chi connectivity index (χ0n) is 10.7. The summed E-state index contributed by atoms with van der Waals surface area (Å²) in [5, 5.41) is -0.175. The van der Waals surface area contributed by atoms with Crippen LogP contribution in [-0.4, -0.2) is 26.1 Å². The van der Waals surface area contributed by atoms with Crippen LogP contribution in [0.1, 0.15) is 24.8 Å². The number of hydrogen-bond acceptors (Lipinski definition) is 4. The highest BCUT2D eigenvalue weighted by Gasteiger charge is 2.26. The van der Waals surface area contributed by atoms with Crippen LogP contribution in [0.3, 0.4) is 0 Å². The highest BCUT2D eigenvalue weighted by molar-refractivity contribution is 7.89. The number of unbranched alkanes of at least 4 members (excludes halogenated alkanes) is 1. The molecule has 1 aromatic rings. The molecule has 20 heavy (non-hydrogen) atoms. The molecule has 0 bridgehead atoms. The minimum atomic E-state index is -4.21. The molecular weight excluding hydrogens is 295 g/mol. The molecule has 0 aliphatic rings. The van der Waals surface area contributed by atoms with Gasteiger partial charge in [0.15, 0.2) is 5.03 Å². The van der Waals surface area contributed by atoms with Gasteiger partial charge in [0, 0.05) is 25.7 Å². The summed E-state index contributed by atoms with van der Waals surface area (Å²) in [5.74, 6) is 0. The molecular formula is C11H16F3N3O2S. The lowest BCUT2D eigenvalue weighted by atomic mass is 10.2. The van der Waals surface area contributed by atoms with Gasteiger partial charge in [0.1, 0.15) is 0 Å². The quantitative estimate of drug-likeness (QED) is 0.748. The molecule has 1 heterocycles. The minimum absolute atomic E-state index is 0.0568. The first kappa shape index (κ1) is 16.9. The molecule has 0 spiro atoms. The second kappa shape index (κ2) is 7.00. The number of hydrogen-bond donors (Lipinski definition) is 2. The van der Waals surface area contributed by atoms with Gasteiger partial charge in [0.2, 0.25) is 0 Å². The fourth-order valence-corrected chi connectivity index (χ4v) is 2.42. The van der Waals surface area contributed by atoms with Crippen LogP contribution in [0.5, 0.6) is 0 Å². The number of sulfonamides is 1. The van der Waals surface area contributed by atoms with Gasteiger partial charge in [-0.05, 0) is 24.5 Å². The Balaban J connectivity index is 2.45. The number of halogens is 3. The maximum Gasteiger partial charge on any atom is 0.389 e. The Morgan fingerprint density at radius 3 is 2.45 bits per heavy atom. The molecule has 0 aliphatic heterocycles. The maximum atomic E-state index is 11.9. The van der Waals surface area contributed by atoms with Gasteiger partial charge in [-0.1, -0.05) is 6.07 Å². The molecule has 1 rings (SSSR count). The van der Waals surface area contributed by atoms with Crippen LogP contribution in [0.15, 0.2) is 23.4 Å². The maximum absolute atomic E-state index is 11.9. The van der Waals surface area contributed by atoms with Crippen molar-refractivity contribution in [2.45, 2.75) is 37.0 Å². The number of rotatable bonds is 7. The fraction of sp³-hybridized carbons (Fsp3) is 0.545. The molecule has 9 heteroatoms. The summed E-state index contributed by atoms with van der Waals surface area (Å²) >= 11 is 0. The van der Waals surface area contributed by atoms with Crippen LogP contribution < -0.4 is 10.5 Å². The minimum Gasteiger partial charge on any atom is -0.326 e. The van der Waals surface area contributed by atoms with E-state index in [4.69, 9.17) is 5.73 Å². The lowest BCUT2D eigenvalue weighted by Crippen LogP contribution is -2.26. The van der Waals surface area contributed by atoms with E-state index >= 15 is 0 Å². The van der Waals surface area contributed by atoms with Gasteiger partial charge in [-0.3, -0.25) is 0 Å². The summed E-state index contributed by atoms with van der Waals surface area (Å²) in [7, 11) is -3.78. The van der Waals surface area contributed by atoms with Crippen molar-refractivity contribution in [3.8, 4) is 0 Å². The lowest BCUT2D eigenvalue weighted by Gasteiger charge is -2.08. The second-order valence-corrected chi connectivity index (χ2v) is 5.89.